The number of pyridine rings is 1. The van der Waals surface area contributed by atoms with Crippen LogP contribution in [0, 0.1) is 0 Å². The fourth-order valence-corrected chi connectivity index (χ4v) is 3.10. The van der Waals surface area contributed by atoms with Gasteiger partial charge in [-0.25, -0.2) is 4.39 Å². The van der Waals surface area contributed by atoms with Gasteiger partial charge in [-0.3, -0.25) is 4.79 Å². The van der Waals surface area contributed by atoms with Gasteiger partial charge in [0.1, 0.15) is 18.1 Å². The molecule has 1 N–H and O–H groups in total. The van der Waals surface area contributed by atoms with Gasteiger partial charge in [0.2, 0.25) is 12.7 Å². The molecule has 0 aliphatic carbocycles. The van der Waals surface area contributed by atoms with Gasteiger partial charge >= 0.3 is 0 Å². The maximum absolute atomic E-state index is 12.4. The zero-order valence-corrected chi connectivity index (χ0v) is 17.0. The molecule has 0 atom stereocenters. The van der Waals surface area contributed by atoms with Crippen LogP contribution in [0.1, 0.15) is 5.56 Å². The molecule has 2 aromatic heterocycles. The van der Waals surface area contributed by atoms with Crippen molar-refractivity contribution in [1.29, 1.82) is 0 Å². The molecule has 4 rings (SSSR count). The van der Waals surface area contributed by atoms with Crippen molar-refractivity contribution in [2.75, 3.05) is 20.1 Å². The molecule has 8 nitrogen and oxygen atoms in total. The van der Waals surface area contributed by atoms with E-state index in [-0.39, 0.29) is 24.7 Å². The first kappa shape index (κ1) is 21.3. The molecule has 0 bridgehead atoms. The van der Waals surface area contributed by atoms with Crippen LogP contribution in [0.25, 0.3) is 22.8 Å². The lowest BCUT2D eigenvalue weighted by Gasteiger charge is -2.09. The molecule has 0 saturated carbocycles. The summed E-state index contributed by atoms with van der Waals surface area (Å²) in [7, 11) is 0. The average Bonchev–Trinajstić information content (AvgIpc) is 3.30. The Morgan fingerprint density at radius 2 is 1.81 bits per heavy atom. The summed E-state index contributed by atoms with van der Waals surface area (Å²) in [5.74, 6) is 1.64. The number of hydrogen-bond acceptors (Lipinski definition) is 7. The molecule has 0 radical (unpaired) electrons. The van der Waals surface area contributed by atoms with E-state index in [4.69, 9.17) is 19.1 Å². The second-order valence-corrected chi connectivity index (χ2v) is 6.80. The Morgan fingerprint density at radius 3 is 2.59 bits per heavy atom. The van der Waals surface area contributed by atoms with Crippen molar-refractivity contribution in [2.24, 2.45) is 0 Å². The van der Waals surface area contributed by atoms with Crippen LogP contribution in [0.5, 0.6) is 11.5 Å². The van der Waals surface area contributed by atoms with E-state index in [9.17, 15) is 9.18 Å². The molecule has 0 spiro atoms. The molecule has 4 aromatic rings. The quantitative estimate of drug-likeness (QED) is 0.429. The summed E-state index contributed by atoms with van der Waals surface area (Å²) in [5, 5.41) is 12.9. The number of halogens is 1. The minimum atomic E-state index is -0.901. The first-order chi connectivity index (χ1) is 15.7. The number of nitrogens with zero attached hydrogens (tertiary/aromatic N) is 3. The smallest absolute Gasteiger partial charge is 0.259 e. The van der Waals surface area contributed by atoms with Crippen molar-refractivity contribution in [3.05, 3.63) is 82.8 Å². The highest BCUT2D eigenvalue weighted by Crippen LogP contribution is 2.24. The van der Waals surface area contributed by atoms with E-state index in [0.717, 1.165) is 5.56 Å². The highest BCUT2D eigenvalue weighted by Gasteiger charge is 2.12. The van der Waals surface area contributed by atoms with E-state index < -0.39 is 6.86 Å². The van der Waals surface area contributed by atoms with Crippen molar-refractivity contribution in [3.63, 3.8) is 0 Å². The number of rotatable bonds is 9. The minimum absolute atomic E-state index is 0.0759. The Kier molecular flexibility index (Phi) is 6.57. The van der Waals surface area contributed by atoms with Gasteiger partial charge < -0.3 is 23.7 Å². The van der Waals surface area contributed by atoms with Crippen molar-refractivity contribution in [3.8, 4) is 34.3 Å². The van der Waals surface area contributed by atoms with E-state index >= 15 is 0 Å². The predicted molar refractivity (Wildman–Crippen MR) is 114 cm³/mol. The molecule has 2 aromatic carbocycles. The van der Waals surface area contributed by atoms with Crippen LogP contribution in [0.2, 0.25) is 0 Å². The van der Waals surface area contributed by atoms with Gasteiger partial charge in [0.15, 0.2) is 0 Å². The highest BCUT2D eigenvalue weighted by atomic mass is 19.1. The van der Waals surface area contributed by atoms with Crippen molar-refractivity contribution in [2.45, 2.75) is 6.54 Å². The Morgan fingerprint density at radius 1 is 1.00 bits per heavy atom. The molecule has 2 heterocycles. The molecule has 0 amide bonds. The van der Waals surface area contributed by atoms with Crippen LogP contribution in [-0.2, 0) is 6.54 Å². The summed E-state index contributed by atoms with van der Waals surface area (Å²) in [6.07, 6.45) is 1.65. The van der Waals surface area contributed by atoms with Gasteiger partial charge in [-0.05, 0) is 48.0 Å². The van der Waals surface area contributed by atoms with Gasteiger partial charge in [-0.1, -0.05) is 17.3 Å². The van der Waals surface area contributed by atoms with E-state index in [1.165, 1.54) is 10.6 Å². The van der Waals surface area contributed by atoms with Gasteiger partial charge in [-0.2, -0.15) is 4.98 Å². The Bertz CT molecular complexity index is 1240. The van der Waals surface area contributed by atoms with Crippen LogP contribution in [0.15, 0.2) is 76.2 Å². The fourth-order valence-electron chi connectivity index (χ4n) is 3.10. The second-order valence-electron chi connectivity index (χ2n) is 6.80. The van der Waals surface area contributed by atoms with Gasteiger partial charge in [0, 0.05) is 17.8 Å². The van der Waals surface area contributed by atoms with E-state index in [1.54, 1.807) is 42.6 Å². The van der Waals surface area contributed by atoms with Crippen LogP contribution in [0.4, 0.5) is 4.39 Å². The number of alkyl halides is 1. The zero-order chi connectivity index (χ0) is 22.3. The topological polar surface area (TPSA) is 99.6 Å². The first-order valence-electron chi connectivity index (χ1n) is 9.82. The molecule has 0 saturated heterocycles. The lowest BCUT2D eigenvalue weighted by atomic mass is 10.2. The summed E-state index contributed by atoms with van der Waals surface area (Å²) in [6.45, 7) is -0.459. The molecule has 32 heavy (non-hydrogen) atoms. The summed E-state index contributed by atoms with van der Waals surface area (Å²) in [5.41, 5.74) is 1.95. The normalized spacial score (nSPS) is 10.8. The number of aliphatic hydroxyl groups is 1. The number of ether oxygens (including phenoxy) is 2. The molecule has 0 fully saturated rings. The third-order valence-electron chi connectivity index (χ3n) is 4.60. The molecular weight excluding hydrogens is 417 g/mol. The lowest BCUT2D eigenvalue weighted by molar-refractivity contribution is 0.192. The fraction of sp³-hybridized carbons (Fsp3) is 0.174. The summed E-state index contributed by atoms with van der Waals surface area (Å²) < 4.78 is 29.4. The maximum atomic E-state index is 12.4. The monoisotopic (exact) mass is 437 g/mol. The molecule has 9 heteroatoms. The standard InChI is InChI=1S/C23H20FN3O5/c24-15-31-19-7-4-17(5-8-19)22-25-23(32-26-22)18-6-9-21(29)27(14-18)13-16-2-1-3-20(12-16)30-11-10-28/h1-9,12,14,28H,10-11,13,15H2. The van der Waals surface area contributed by atoms with Crippen LogP contribution in [0.3, 0.4) is 0 Å². The number of aromatic nitrogens is 3. The van der Waals surface area contributed by atoms with Crippen molar-refractivity contribution in [1.82, 2.24) is 14.7 Å². The van der Waals surface area contributed by atoms with E-state index in [0.29, 0.717) is 35.0 Å². The van der Waals surface area contributed by atoms with Gasteiger partial charge in [0.05, 0.1) is 18.7 Å². The SMILES string of the molecule is O=c1ccc(-c2nc(-c3ccc(OCF)cc3)no2)cn1Cc1cccc(OCCO)c1. The number of benzene rings is 2. The molecule has 0 unspecified atom stereocenters. The predicted octanol–water partition coefficient (Wildman–Crippen LogP) is 3.29. The second kappa shape index (κ2) is 9.88. The number of hydrogen-bond donors (Lipinski definition) is 1. The summed E-state index contributed by atoms with van der Waals surface area (Å²) in [6, 6.07) is 17.0. The third-order valence-corrected chi connectivity index (χ3v) is 4.60. The Hall–Kier alpha value is -3.98. The zero-order valence-electron chi connectivity index (χ0n) is 17.0. The Balaban J connectivity index is 1.55. The summed E-state index contributed by atoms with van der Waals surface area (Å²) >= 11 is 0. The van der Waals surface area contributed by atoms with Crippen molar-refractivity contribution >= 4 is 0 Å². The van der Waals surface area contributed by atoms with E-state index in [1.807, 2.05) is 18.2 Å². The van der Waals surface area contributed by atoms with Crippen LogP contribution < -0.4 is 15.0 Å². The lowest BCUT2D eigenvalue weighted by Crippen LogP contribution is -2.19. The molecule has 0 aliphatic rings. The van der Waals surface area contributed by atoms with Crippen LogP contribution >= 0.6 is 0 Å². The average molecular weight is 437 g/mol. The van der Waals surface area contributed by atoms with E-state index in [2.05, 4.69) is 10.1 Å². The highest BCUT2D eigenvalue weighted by molar-refractivity contribution is 5.59. The summed E-state index contributed by atoms with van der Waals surface area (Å²) in [4.78, 5) is 16.8. The van der Waals surface area contributed by atoms with Crippen molar-refractivity contribution < 1.29 is 23.5 Å². The maximum Gasteiger partial charge on any atom is 0.259 e. The van der Waals surface area contributed by atoms with Gasteiger partial charge in [0.25, 0.3) is 11.4 Å². The molecular formula is C23H20FN3O5. The van der Waals surface area contributed by atoms with Crippen LogP contribution in [-0.4, -0.2) is 39.9 Å². The Labute approximate surface area is 182 Å². The third kappa shape index (κ3) is 5.01. The van der Waals surface area contributed by atoms with Gasteiger partial charge in [-0.15, -0.1) is 0 Å². The molecule has 164 valence electrons. The first-order valence-corrected chi connectivity index (χ1v) is 9.82. The number of aliphatic hydroxyl groups excluding tert-OH is 1. The molecule has 0 aliphatic heterocycles. The minimum Gasteiger partial charge on any atom is -0.491 e. The largest absolute Gasteiger partial charge is 0.491 e.